The van der Waals surface area contributed by atoms with Crippen LogP contribution in [-0.2, 0) is 11.3 Å². The first-order valence-electron chi connectivity index (χ1n) is 10.7. The average molecular weight is 381 g/mol. The van der Waals surface area contributed by atoms with Crippen LogP contribution < -0.4 is 0 Å². The van der Waals surface area contributed by atoms with Crippen molar-refractivity contribution in [1.29, 1.82) is 0 Å². The van der Waals surface area contributed by atoms with Crippen molar-refractivity contribution in [2.45, 2.75) is 79.8 Å². The maximum atomic E-state index is 5.73. The summed E-state index contributed by atoms with van der Waals surface area (Å²) in [6.45, 7) is 12.4. The second-order valence-corrected chi connectivity index (χ2v) is 8.05. The Labute approximate surface area is 173 Å². The van der Waals surface area contributed by atoms with Gasteiger partial charge in [0.05, 0.1) is 13.2 Å². The van der Waals surface area contributed by atoms with Crippen molar-refractivity contribution < 1.29 is 4.74 Å². The van der Waals surface area contributed by atoms with Gasteiger partial charge in [0.1, 0.15) is 0 Å². The van der Waals surface area contributed by atoms with E-state index in [4.69, 9.17) is 4.74 Å². The summed E-state index contributed by atoms with van der Waals surface area (Å²) in [5, 5.41) is 0. The van der Waals surface area contributed by atoms with E-state index in [1.807, 2.05) is 6.07 Å². The topological polar surface area (TPSA) is 9.23 Å². The predicted molar refractivity (Wildman–Crippen MR) is 125 cm³/mol. The van der Waals surface area contributed by atoms with Crippen LogP contribution in [0.15, 0.2) is 76.9 Å². The number of hydrogen-bond acceptors (Lipinski definition) is 1. The number of rotatable bonds is 13. The van der Waals surface area contributed by atoms with E-state index >= 15 is 0 Å². The minimum absolute atomic E-state index is 0.685. The fraction of sp³-hybridized carbons (Fsp3) is 0.481. The maximum absolute atomic E-state index is 5.73. The summed E-state index contributed by atoms with van der Waals surface area (Å²) < 4.78 is 5.73. The van der Waals surface area contributed by atoms with Gasteiger partial charge in [-0.2, -0.15) is 0 Å². The summed E-state index contributed by atoms with van der Waals surface area (Å²) >= 11 is 0. The molecule has 0 heterocycles. The Balaban J connectivity index is 2.17. The van der Waals surface area contributed by atoms with E-state index in [9.17, 15) is 0 Å². The summed E-state index contributed by atoms with van der Waals surface area (Å²) in [4.78, 5) is 0. The molecule has 0 saturated heterocycles. The third-order valence-electron chi connectivity index (χ3n) is 4.82. The van der Waals surface area contributed by atoms with E-state index in [1.54, 1.807) is 0 Å². The van der Waals surface area contributed by atoms with Gasteiger partial charge in [0.15, 0.2) is 0 Å². The van der Waals surface area contributed by atoms with Gasteiger partial charge in [-0.25, -0.2) is 0 Å². The summed E-state index contributed by atoms with van der Waals surface area (Å²) in [6.07, 6.45) is 16.3. The van der Waals surface area contributed by atoms with E-state index in [-0.39, 0.29) is 0 Å². The molecule has 1 nitrogen and oxygen atoms in total. The smallest absolute Gasteiger partial charge is 0.0721 e. The molecule has 28 heavy (non-hydrogen) atoms. The fourth-order valence-corrected chi connectivity index (χ4v) is 2.94. The third-order valence-corrected chi connectivity index (χ3v) is 4.82. The molecule has 0 saturated carbocycles. The average Bonchev–Trinajstić information content (AvgIpc) is 2.66. The first kappa shape index (κ1) is 24.2. The fourth-order valence-electron chi connectivity index (χ4n) is 2.94. The largest absolute Gasteiger partial charge is 0.373 e. The molecular weight excluding hydrogens is 340 g/mol. The number of benzene rings is 1. The molecule has 1 heteroatoms. The normalized spacial score (nSPS) is 13.0. The highest BCUT2D eigenvalue weighted by Crippen LogP contribution is 2.13. The number of allylic oxidation sites excluding steroid dienone is 7. The van der Waals surface area contributed by atoms with Crippen LogP contribution in [-0.4, -0.2) is 6.61 Å². The predicted octanol–water partition coefficient (Wildman–Crippen LogP) is 8.35. The van der Waals surface area contributed by atoms with E-state index in [0.717, 1.165) is 19.3 Å². The zero-order valence-electron chi connectivity index (χ0n) is 18.8. The molecule has 0 aliphatic carbocycles. The minimum Gasteiger partial charge on any atom is -0.373 e. The molecule has 0 aliphatic heterocycles. The van der Waals surface area contributed by atoms with Crippen molar-refractivity contribution >= 4 is 0 Å². The van der Waals surface area contributed by atoms with E-state index in [2.05, 4.69) is 83.2 Å². The van der Waals surface area contributed by atoms with E-state index in [0.29, 0.717) is 13.2 Å². The molecule has 0 aliphatic rings. The Morgan fingerprint density at radius 2 is 1.18 bits per heavy atom. The molecule has 0 atom stereocenters. The van der Waals surface area contributed by atoms with Crippen molar-refractivity contribution in [2.24, 2.45) is 0 Å². The molecule has 0 bridgehead atoms. The van der Waals surface area contributed by atoms with Crippen molar-refractivity contribution in [2.75, 3.05) is 6.61 Å². The second-order valence-electron chi connectivity index (χ2n) is 8.05. The third kappa shape index (κ3) is 13.3. The van der Waals surface area contributed by atoms with Crippen molar-refractivity contribution in [3.63, 3.8) is 0 Å². The van der Waals surface area contributed by atoms with Crippen molar-refractivity contribution in [3.05, 3.63) is 82.5 Å². The van der Waals surface area contributed by atoms with Crippen LogP contribution in [0.1, 0.15) is 78.7 Å². The lowest BCUT2D eigenvalue weighted by molar-refractivity contribution is 0.148. The van der Waals surface area contributed by atoms with Crippen molar-refractivity contribution in [3.8, 4) is 0 Å². The molecule has 1 aromatic rings. The number of ether oxygens (including phenoxy) is 1. The Kier molecular flexibility index (Phi) is 13.0. The van der Waals surface area contributed by atoms with Crippen molar-refractivity contribution in [1.82, 2.24) is 0 Å². The lowest BCUT2D eigenvalue weighted by Gasteiger charge is -2.04. The molecular formula is C27H40O. The molecule has 1 rings (SSSR count). The van der Waals surface area contributed by atoms with Crippen LogP contribution >= 0.6 is 0 Å². The summed E-state index contributed by atoms with van der Waals surface area (Å²) in [6, 6.07) is 10.3. The molecule has 0 radical (unpaired) electrons. The van der Waals surface area contributed by atoms with Gasteiger partial charge in [0, 0.05) is 0 Å². The zero-order valence-corrected chi connectivity index (χ0v) is 18.8. The van der Waals surface area contributed by atoms with E-state index < -0.39 is 0 Å². The molecule has 0 amide bonds. The maximum Gasteiger partial charge on any atom is 0.0721 e. The van der Waals surface area contributed by atoms with Gasteiger partial charge in [-0.1, -0.05) is 76.9 Å². The van der Waals surface area contributed by atoms with Gasteiger partial charge in [-0.3, -0.25) is 0 Å². The zero-order chi connectivity index (χ0) is 20.6. The lowest BCUT2D eigenvalue weighted by atomic mass is 10.0. The second kappa shape index (κ2) is 15.1. The molecule has 1 aromatic carbocycles. The van der Waals surface area contributed by atoms with Gasteiger partial charge < -0.3 is 4.74 Å². The van der Waals surface area contributed by atoms with Crippen LogP contribution in [0.5, 0.6) is 0 Å². The minimum atomic E-state index is 0.685. The van der Waals surface area contributed by atoms with Crippen LogP contribution in [0.25, 0.3) is 0 Å². The molecule has 0 N–H and O–H groups in total. The summed E-state index contributed by atoms with van der Waals surface area (Å²) in [5.74, 6) is 0. The first-order valence-corrected chi connectivity index (χ1v) is 10.7. The van der Waals surface area contributed by atoms with Gasteiger partial charge in [0.25, 0.3) is 0 Å². The molecule has 0 aromatic heterocycles. The highest BCUT2D eigenvalue weighted by Gasteiger charge is 1.94. The SMILES string of the molecule is CC(C)=CCC/C(C)=C\CC/C(C)=C/CC/C(C)=C/COCc1ccccc1. The Bertz CT molecular complexity index is 655. The standard InChI is InChI=1S/C27H40O/c1-23(2)12-9-13-24(3)14-10-15-25(4)16-11-17-26(5)20-21-28-22-27-18-7-6-8-19-27/h6-8,12,14,16,18-20H,9-11,13,15,17,21-22H2,1-5H3/b24-14-,25-16+,26-20+. The van der Waals surface area contributed by atoms with Crippen LogP contribution in [0.2, 0.25) is 0 Å². The quantitative estimate of drug-likeness (QED) is 0.247. The van der Waals surface area contributed by atoms with Crippen LogP contribution in [0.4, 0.5) is 0 Å². The molecule has 0 unspecified atom stereocenters. The van der Waals surface area contributed by atoms with Gasteiger partial charge in [-0.15, -0.1) is 0 Å². The van der Waals surface area contributed by atoms with E-state index in [1.165, 1.54) is 47.1 Å². The monoisotopic (exact) mass is 380 g/mol. The first-order chi connectivity index (χ1) is 13.5. The Morgan fingerprint density at radius 1 is 0.679 bits per heavy atom. The molecule has 154 valence electrons. The number of hydrogen-bond donors (Lipinski definition) is 0. The Hall–Kier alpha value is -1.86. The molecule has 0 spiro atoms. The summed E-state index contributed by atoms with van der Waals surface area (Å²) in [7, 11) is 0. The van der Waals surface area contributed by atoms with Crippen LogP contribution in [0, 0.1) is 0 Å². The van der Waals surface area contributed by atoms with Gasteiger partial charge in [0.2, 0.25) is 0 Å². The highest BCUT2D eigenvalue weighted by molar-refractivity contribution is 5.13. The Morgan fingerprint density at radius 3 is 1.71 bits per heavy atom. The van der Waals surface area contributed by atoms with Gasteiger partial charge in [-0.05, 0) is 78.7 Å². The summed E-state index contributed by atoms with van der Waals surface area (Å²) in [5.41, 5.74) is 7.07. The lowest BCUT2D eigenvalue weighted by Crippen LogP contribution is -1.93. The van der Waals surface area contributed by atoms with Crippen LogP contribution in [0.3, 0.4) is 0 Å². The highest BCUT2D eigenvalue weighted by atomic mass is 16.5. The molecule has 0 fully saturated rings. The van der Waals surface area contributed by atoms with Gasteiger partial charge >= 0.3 is 0 Å².